The first-order valence-electron chi connectivity index (χ1n) is 12.2. The van der Waals surface area contributed by atoms with Crippen molar-refractivity contribution in [3.8, 4) is 5.75 Å². The van der Waals surface area contributed by atoms with Crippen LogP contribution in [0.5, 0.6) is 5.75 Å². The number of halogens is 6. The predicted octanol–water partition coefficient (Wildman–Crippen LogP) is 7.21. The van der Waals surface area contributed by atoms with Crippen molar-refractivity contribution in [1.82, 2.24) is 19.8 Å². The summed E-state index contributed by atoms with van der Waals surface area (Å²) in [6.45, 7) is 1.66. The number of pyridine rings is 1. The number of fused-ring (bicyclic) bond motifs is 3. The average Bonchev–Trinajstić information content (AvgIpc) is 3.19. The second-order valence-corrected chi connectivity index (χ2v) is 10.0. The Balaban J connectivity index is 1.42. The normalized spacial score (nSPS) is 14.1. The molecule has 0 radical (unpaired) electrons. The largest absolute Gasteiger partial charge is 0.573 e. The van der Waals surface area contributed by atoms with Crippen LogP contribution in [0.2, 0.25) is 10.2 Å². The lowest BCUT2D eigenvalue weighted by Crippen LogP contribution is -2.34. The second kappa shape index (κ2) is 11.5. The van der Waals surface area contributed by atoms with Crippen LogP contribution in [0.3, 0.4) is 0 Å². The zero-order valence-electron chi connectivity index (χ0n) is 20.8. The van der Waals surface area contributed by atoms with Crippen molar-refractivity contribution >= 4 is 46.2 Å². The maximum Gasteiger partial charge on any atom is 0.573 e. The van der Waals surface area contributed by atoms with Gasteiger partial charge in [0.15, 0.2) is 0 Å². The summed E-state index contributed by atoms with van der Waals surface area (Å²) in [6, 6.07) is 11.1. The predicted molar refractivity (Wildman–Crippen MR) is 145 cm³/mol. The average molecular weight is 593 g/mol. The van der Waals surface area contributed by atoms with Gasteiger partial charge in [-0.15, -0.1) is 13.2 Å². The highest BCUT2D eigenvalue weighted by Crippen LogP contribution is 2.35. The number of nitrogens with zero attached hydrogens (tertiary/aromatic N) is 3. The number of carbonyl (C=O) groups excluding carboxylic acids is 1. The van der Waals surface area contributed by atoms with Gasteiger partial charge in [-0.2, -0.15) is 0 Å². The molecule has 5 rings (SSSR count). The summed E-state index contributed by atoms with van der Waals surface area (Å²) in [7, 11) is 0. The first-order valence-corrected chi connectivity index (χ1v) is 13.0. The van der Waals surface area contributed by atoms with Crippen molar-refractivity contribution in [3.63, 3.8) is 0 Å². The molecule has 0 saturated carbocycles. The summed E-state index contributed by atoms with van der Waals surface area (Å²) in [5.41, 5.74) is 3.27. The van der Waals surface area contributed by atoms with Crippen LogP contribution in [0.15, 0.2) is 60.8 Å². The van der Waals surface area contributed by atoms with Crippen LogP contribution in [0.4, 0.5) is 22.4 Å². The van der Waals surface area contributed by atoms with Crippen molar-refractivity contribution in [2.45, 2.75) is 25.9 Å². The standard InChI is InChI=1S/C28H22Cl2F4N4O2/c29-19-10-17(11-20(31)13-19)2-1-8-37-9-6-25-23(16-37)22-14-21(40-28(32,33)34)3-4-24(22)38(25)27(39)36-15-18-5-7-35-26(30)12-18/h1-5,7,10-14H,6,8-9,15-16H2,(H,36,39)/b2-1+. The minimum absolute atomic E-state index is 0.186. The highest BCUT2D eigenvalue weighted by Gasteiger charge is 2.32. The Morgan fingerprint density at radius 3 is 2.70 bits per heavy atom. The maximum absolute atomic E-state index is 13.6. The number of nitrogens with one attached hydrogen (secondary N) is 1. The van der Waals surface area contributed by atoms with Gasteiger partial charge in [-0.3, -0.25) is 9.47 Å². The van der Waals surface area contributed by atoms with Gasteiger partial charge in [0.05, 0.1) is 5.52 Å². The smallest absolute Gasteiger partial charge is 0.406 e. The minimum atomic E-state index is -4.85. The molecule has 1 aliphatic rings. The van der Waals surface area contributed by atoms with Crippen LogP contribution in [-0.4, -0.2) is 39.9 Å². The van der Waals surface area contributed by atoms with E-state index in [0.29, 0.717) is 53.4 Å². The van der Waals surface area contributed by atoms with E-state index in [1.165, 1.54) is 41.1 Å². The SMILES string of the molecule is O=C(NCc1ccnc(Cl)c1)n1c2c(c3cc(OC(F)(F)F)ccc31)CN(C/C=C/c1cc(F)cc(Cl)c1)CC2. The summed E-state index contributed by atoms with van der Waals surface area (Å²) in [6.07, 6.45) is 0.774. The summed E-state index contributed by atoms with van der Waals surface area (Å²) in [5, 5.41) is 3.93. The van der Waals surface area contributed by atoms with Crippen LogP contribution in [0, 0.1) is 5.82 Å². The lowest BCUT2D eigenvalue weighted by Gasteiger charge is -2.27. The van der Waals surface area contributed by atoms with E-state index in [9.17, 15) is 22.4 Å². The van der Waals surface area contributed by atoms with Crippen LogP contribution in [0.1, 0.15) is 22.4 Å². The van der Waals surface area contributed by atoms with Gasteiger partial charge in [-0.25, -0.2) is 14.2 Å². The van der Waals surface area contributed by atoms with Crippen molar-refractivity contribution < 1.29 is 27.1 Å². The van der Waals surface area contributed by atoms with Crippen molar-refractivity contribution in [3.05, 3.63) is 99.2 Å². The van der Waals surface area contributed by atoms with Gasteiger partial charge in [0, 0.05) is 54.9 Å². The Kier molecular flexibility index (Phi) is 8.02. The second-order valence-electron chi connectivity index (χ2n) is 9.22. The Bertz CT molecular complexity index is 1580. The van der Waals surface area contributed by atoms with E-state index in [1.807, 2.05) is 6.08 Å². The van der Waals surface area contributed by atoms with Crippen molar-refractivity contribution in [1.29, 1.82) is 0 Å². The van der Waals surface area contributed by atoms with Crippen LogP contribution in [-0.2, 0) is 19.5 Å². The fraction of sp³-hybridized carbons (Fsp3) is 0.214. The molecule has 3 heterocycles. The van der Waals surface area contributed by atoms with Gasteiger partial charge >= 0.3 is 12.4 Å². The third kappa shape index (κ3) is 6.57. The van der Waals surface area contributed by atoms with Crippen LogP contribution < -0.4 is 10.1 Å². The molecule has 1 amide bonds. The highest BCUT2D eigenvalue weighted by atomic mass is 35.5. The summed E-state index contributed by atoms with van der Waals surface area (Å²) in [4.78, 5) is 19.4. The number of aromatic nitrogens is 2. The molecule has 0 spiro atoms. The number of hydrogen-bond donors (Lipinski definition) is 1. The Labute approximate surface area is 236 Å². The number of amides is 1. The van der Waals surface area contributed by atoms with E-state index in [0.717, 1.165) is 11.1 Å². The van der Waals surface area contributed by atoms with E-state index < -0.39 is 18.2 Å². The molecule has 1 N–H and O–H groups in total. The van der Waals surface area contributed by atoms with Gasteiger partial charge in [0.25, 0.3) is 0 Å². The quantitative estimate of drug-likeness (QED) is 0.190. The number of carbonyl (C=O) groups is 1. The Hall–Kier alpha value is -3.60. The summed E-state index contributed by atoms with van der Waals surface area (Å²) < 4.78 is 58.1. The molecule has 0 fully saturated rings. The topological polar surface area (TPSA) is 59.4 Å². The zero-order chi connectivity index (χ0) is 28.4. The van der Waals surface area contributed by atoms with E-state index in [1.54, 1.807) is 24.3 Å². The molecule has 4 aromatic rings. The molecule has 40 heavy (non-hydrogen) atoms. The monoisotopic (exact) mass is 592 g/mol. The Morgan fingerprint density at radius 2 is 1.95 bits per heavy atom. The van der Waals surface area contributed by atoms with Crippen molar-refractivity contribution in [2.75, 3.05) is 13.1 Å². The number of rotatable bonds is 6. The molecule has 208 valence electrons. The number of alkyl halides is 3. The molecular weight excluding hydrogens is 571 g/mol. The molecule has 0 saturated heterocycles. The Morgan fingerprint density at radius 1 is 1.12 bits per heavy atom. The maximum atomic E-state index is 13.6. The van der Waals surface area contributed by atoms with Gasteiger partial charge in [-0.1, -0.05) is 35.4 Å². The number of hydrogen-bond acceptors (Lipinski definition) is 4. The molecule has 2 aromatic heterocycles. The lowest BCUT2D eigenvalue weighted by molar-refractivity contribution is -0.274. The molecule has 1 aliphatic heterocycles. The molecule has 2 aromatic carbocycles. The molecular formula is C28H22Cl2F4N4O2. The third-order valence-corrected chi connectivity index (χ3v) is 6.85. The molecule has 0 unspecified atom stereocenters. The number of benzene rings is 2. The highest BCUT2D eigenvalue weighted by molar-refractivity contribution is 6.30. The van der Waals surface area contributed by atoms with E-state index >= 15 is 0 Å². The summed E-state index contributed by atoms with van der Waals surface area (Å²) >= 11 is 11.9. The van der Waals surface area contributed by atoms with Gasteiger partial charge in [-0.05, 0) is 65.2 Å². The third-order valence-electron chi connectivity index (χ3n) is 6.43. The fourth-order valence-corrected chi connectivity index (χ4v) is 5.22. The first kappa shape index (κ1) is 27.9. The van der Waals surface area contributed by atoms with Gasteiger partial charge < -0.3 is 10.1 Å². The first-order chi connectivity index (χ1) is 19.1. The van der Waals surface area contributed by atoms with Crippen molar-refractivity contribution in [2.24, 2.45) is 0 Å². The number of ether oxygens (including phenoxy) is 1. The molecule has 12 heteroatoms. The zero-order valence-corrected chi connectivity index (χ0v) is 22.3. The van der Waals surface area contributed by atoms with Gasteiger partial charge in [0.1, 0.15) is 16.7 Å². The van der Waals surface area contributed by atoms with Gasteiger partial charge in [0.2, 0.25) is 0 Å². The lowest BCUT2D eigenvalue weighted by atomic mass is 10.0. The molecule has 0 bridgehead atoms. The fourth-order valence-electron chi connectivity index (χ4n) is 4.80. The minimum Gasteiger partial charge on any atom is -0.406 e. The van der Waals surface area contributed by atoms with Crippen LogP contribution >= 0.6 is 23.2 Å². The molecule has 6 nitrogen and oxygen atoms in total. The van der Waals surface area contributed by atoms with Crippen LogP contribution in [0.25, 0.3) is 17.0 Å². The molecule has 0 atom stereocenters. The van der Waals surface area contributed by atoms with E-state index in [2.05, 4.69) is 19.9 Å². The van der Waals surface area contributed by atoms with E-state index in [-0.39, 0.29) is 17.3 Å². The summed E-state index contributed by atoms with van der Waals surface area (Å²) in [5.74, 6) is -0.809. The van der Waals surface area contributed by atoms with E-state index in [4.69, 9.17) is 23.2 Å². The molecule has 0 aliphatic carbocycles.